The normalized spacial score (nSPS) is 20.3. The maximum absolute atomic E-state index is 12.1. The molecule has 0 spiro atoms. The zero-order valence-corrected chi connectivity index (χ0v) is 9.56. The fraction of sp³-hybridized carbons (Fsp3) is 0.500. The third kappa shape index (κ3) is 2.74. The second kappa shape index (κ2) is 5.14. The van der Waals surface area contributed by atoms with E-state index in [4.69, 9.17) is 5.11 Å². The summed E-state index contributed by atoms with van der Waals surface area (Å²) in [6.07, 6.45) is 3.33. The smallest absolute Gasteiger partial charge is 0.254 e. The fourth-order valence-corrected chi connectivity index (χ4v) is 2.16. The maximum Gasteiger partial charge on any atom is 0.254 e. The van der Waals surface area contributed by atoms with Crippen LogP contribution in [0.25, 0.3) is 0 Å². The van der Waals surface area contributed by atoms with Crippen LogP contribution < -0.4 is 5.56 Å². The molecule has 0 aromatic carbocycles. The number of hydrogen-bond donors (Lipinski definition) is 2. The summed E-state index contributed by atoms with van der Waals surface area (Å²) in [5.74, 6) is 0.0314. The number of amides is 1. The topological polar surface area (TPSA) is 73.4 Å². The van der Waals surface area contributed by atoms with Crippen molar-refractivity contribution in [3.63, 3.8) is 0 Å². The summed E-state index contributed by atoms with van der Waals surface area (Å²) >= 11 is 0. The second-order valence-electron chi connectivity index (χ2n) is 4.38. The summed E-state index contributed by atoms with van der Waals surface area (Å²) in [5.41, 5.74) is 0.138. The van der Waals surface area contributed by atoms with Gasteiger partial charge in [0.25, 0.3) is 5.91 Å². The van der Waals surface area contributed by atoms with E-state index in [1.165, 1.54) is 12.3 Å². The number of piperidine rings is 1. The fourth-order valence-electron chi connectivity index (χ4n) is 2.16. The van der Waals surface area contributed by atoms with Gasteiger partial charge in [-0.05, 0) is 24.8 Å². The van der Waals surface area contributed by atoms with E-state index in [0.717, 1.165) is 12.8 Å². The number of H-pyrrole nitrogens is 1. The number of carbonyl (C=O) groups excluding carboxylic acids is 1. The molecular formula is C12H16N2O3. The molecule has 5 heteroatoms. The Bertz CT molecular complexity index is 455. The zero-order valence-electron chi connectivity index (χ0n) is 9.56. The number of nitrogens with zero attached hydrogens (tertiary/aromatic N) is 1. The standard InChI is InChI=1S/C12H16N2O3/c15-8-9-2-1-5-14(7-9)12(17)10-3-4-13-11(16)6-10/h3-4,6,9,15H,1-2,5,7-8H2,(H,13,16)/t9-/m1/s1. The quantitative estimate of drug-likeness (QED) is 0.771. The third-order valence-electron chi connectivity index (χ3n) is 3.09. The van der Waals surface area contributed by atoms with E-state index in [2.05, 4.69) is 4.98 Å². The van der Waals surface area contributed by atoms with Crippen molar-refractivity contribution in [1.29, 1.82) is 0 Å². The molecule has 0 unspecified atom stereocenters. The van der Waals surface area contributed by atoms with Gasteiger partial charge in [-0.3, -0.25) is 9.59 Å². The molecule has 1 aromatic heterocycles. The van der Waals surface area contributed by atoms with Crippen molar-refractivity contribution in [3.8, 4) is 0 Å². The SMILES string of the molecule is O=C(c1cc[nH]c(=O)c1)N1CCC[C@@H](CO)C1. The van der Waals surface area contributed by atoms with Crippen LogP contribution in [-0.2, 0) is 0 Å². The van der Waals surface area contributed by atoms with E-state index in [-0.39, 0.29) is 24.0 Å². The Morgan fingerprint density at radius 1 is 1.59 bits per heavy atom. The molecule has 1 amide bonds. The maximum atomic E-state index is 12.1. The summed E-state index contributed by atoms with van der Waals surface area (Å²) in [6, 6.07) is 2.91. The number of aliphatic hydroxyl groups is 1. The first-order valence-corrected chi connectivity index (χ1v) is 5.79. The van der Waals surface area contributed by atoms with E-state index in [0.29, 0.717) is 18.7 Å². The first-order valence-electron chi connectivity index (χ1n) is 5.79. The molecule has 1 aliphatic heterocycles. The molecule has 2 heterocycles. The Balaban J connectivity index is 2.12. The number of hydrogen-bond acceptors (Lipinski definition) is 3. The van der Waals surface area contributed by atoms with Crippen molar-refractivity contribution < 1.29 is 9.90 Å². The molecule has 0 radical (unpaired) electrons. The van der Waals surface area contributed by atoms with Gasteiger partial charge in [0.1, 0.15) is 0 Å². The summed E-state index contributed by atoms with van der Waals surface area (Å²) in [6.45, 7) is 1.38. The van der Waals surface area contributed by atoms with Gasteiger partial charge in [0, 0.05) is 37.5 Å². The highest BCUT2D eigenvalue weighted by molar-refractivity contribution is 5.94. The highest BCUT2D eigenvalue weighted by Crippen LogP contribution is 2.17. The number of nitrogens with one attached hydrogen (secondary N) is 1. The molecule has 2 rings (SSSR count). The molecule has 17 heavy (non-hydrogen) atoms. The molecule has 1 aliphatic rings. The molecule has 0 saturated carbocycles. The minimum Gasteiger partial charge on any atom is -0.396 e. The molecular weight excluding hydrogens is 220 g/mol. The summed E-state index contributed by atoms with van der Waals surface area (Å²) in [5, 5.41) is 9.11. The molecule has 1 aromatic rings. The van der Waals surface area contributed by atoms with Gasteiger partial charge < -0.3 is 15.0 Å². The van der Waals surface area contributed by atoms with Gasteiger partial charge in [0.05, 0.1) is 0 Å². The average molecular weight is 236 g/mol. The lowest BCUT2D eigenvalue weighted by molar-refractivity contribution is 0.0620. The van der Waals surface area contributed by atoms with E-state index >= 15 is 0 Å². The van der Waals surface area contributed by atoms with Crippen LogP contribution in [0.1, 0.15) is 23.2 Å². The molecule has 0 bridgehead atoms. The van der Waals surface area contributed by atoms with Crippen molar-refractivity contribution in [2.24, 2.45) is 5.92 Å². The summed E-state index contributed by atoms with van der Waals surface area (Å²) in [4.78, 5) is 27.4. The first kappa shape index (κ1) is 11.9. The lowest BCUT2D eigenvalue weighted by Crippen LogP contribution is -2.41. The van der Waals surface area contributed by atoms with Crippen molar-refractivity contribution in [3.05, 3.63) is 34.2 Å². The minimum atomic E-state index is -0.272. The monoisotopic (exact) mass is 236 g/mol. The number of carbonyl (C=O) groups is 1. The summed E-state index contributed by atoms with van der Waals surface area (Å²) in [7, 11) is 0. The van der Waals surface area contributed by atoms with Gasteiger partial charge in [0.15, 0.2) is 0 Å². The van der Waals surface area contributed by atoms with Crippen molar-refractivity contribution >= 4 is 5.91 Å². The van der Waals surface area contributed by atoms with Gasteiger partial charge in [-0.25, -0.2) is 0 Å². The van der Waals surface area contributed by atoms with Gasteiger partial charge in [-0.15, -0.1) is 0 Å². The zero-order chi connectivity index (χ0) is 12.3. The lowest BCUT2D eigenvalue weighted by atomic mass is 9.98. The Morgan fingerprint density at radius 2 is 2.41 bits per heavy atom. The van der Waals surface area contributed by atoms with Gasteiger partial charge in [-0.2, -0.15) is 0 Å². The van der Waals surface area contributed by atoms with E-state index in [1.54, 1.807) is 11.0 Å². The number of likely N-dealkylation sites (tertiary alicyclic amines) is 1. The largest absolute Gasteiger partial charge is 0.396 e. The number of rotatable bonds is 2. The van der Waals surface area contributed by atoms with Crippen molar-refractivity contribution in [2.75, 3.05) is 19.7 Å². The molecule has 0 aliphatic carbocycles. The minimum absolute atomic E-state index is 0.110. The summed E-state index contributed by atoms with van der Waals surface area (Å²) < 4.78 is 0. The predicted octanol–water partition coefficient (Wildman–Crippen LogP) is 0.219. The Hall–Kier alpha value is -1.62. The van der Waals surface area contributed by atoms with Crippen molar-refractivity contribution in [1.82, 2.24) is 9.88 Å². The van der Waals surface area contributed by atoms with Crippen LogP contribution in [0.4, 0.5) is 0 Å². The molecule has 5 nitrogen and oxygen atoms in total. The van der Waals surface area contributed by atoms with Crippen LogP contribution in [0.2, 0.25) is 0 Å². The number of aromatic nitrogens is 1. The highest BCUT2D eigenvalue weighted by Gasteiger charge is 2.23. The number of pyridine rings is 1. The predicted molar refractivity (Wildman–Crippen MR) is 62.8 cm³/mol. The van der Waals surface area contributed by atoms with Crippen LogP contribution in [0.15, 0.2) is 23.1 Å². The second-order valence-corrected chi connectivity index (χ2v) is 4.38. The van der Waals surface area contributed by atoms with Crippen LogP contribution in [0.5, 0.6) is 0 Å². The van der Waals surface area contributed by atoms with Crippen LogP contribution in [0.3, 0.4) is 0 Å². The number of aromatic amines is 1. The highest BCUT2D eigenvalue weighted by atomic mass is 16.3. The van der Waals surface area contributed by atoms with E-state index in [1.807, 2.05) is 0 Å². The molecule has 92 valence electrons. The molecule has 1 fully saturated rings. The lowest BCUT2D eigenvalue weighted by Gasteiger charge is -2.31. The van der Waals surface area contributed by atoms with Crippen LogP contribution >= 0.6 is 0 Å². The Labute approximate surface area is 99.1 Å². The van der Waals surface area contributed by atoms with Gasteiger partial charge in [0.2, 0.25) is 5.56 Å². The van der Waals surface area contributed by atoms with Gasteiger partial charge >= 0.3 is 0 Å². The van der Waals surface area contributed by atoms with Gasteiger partial charge in [-0.1, -0.05) is 0 Å². The van der Waals surface area contributed by atoms with Crippen LogP contribution in [0, 0.1) is 5.92 Å². The third-order valence-corrected chi connectivity index (χ3v) is 3.09. The van der Waals surface area contributed by atoms with E-state index in [9.17, 15) is 9.59 Å². The molecule has 1 saturated heterocycles. The Kier molecular flexibility index (Phi) is 3.58. The molecule has 2 N–H and O–H groups in total. The van der Waals surface area contributed by atoms with Crippen LogP contribution in [-0.4, -0.2) is 40.6 Å². The first-order chi connectivity index (χ1) is 8.20. The Morgan fingerprint density at radius 3 is 3.12 bits per heavy atom. The number of aliphatic hydroxyl groups excluding tert-OH is 1. The van der Waals surface area contributed by atoms with E-state index < -0.39 is 0 Å². The average Bonchev–Trinajstić information content (AvgIpc) is 2.38. The van der Waals surface area contributed by atoms with Crippen molar-refractivity contribution in [2.45, 2.75) is 12.8 Å². The molecule has 1 atom stereocenters.